The van der Waals surface area contributed by atoms with Crippen molar-refractivity contribution in [2.24, 2.45) is 5.73 Å². The lowest BCUT2D eigenvalue weighted by Crippen LogP contribution is -2.14. The molecule has 0 saturated heterocycles. The van der Waals surface area contributed by atoms with Crippen molar-refractivity contribution in [3.05, 3.63) is 54.1 Å². The third kappa shape index (κ3) is 3.31. The molecule has 1 nitrogen and oxygen atoms in total. The highest BCUT2D eigenvalue weighted by molar-refractivity contribution is 9.10. The fourth-order valence-corrected chi connectivity index (χ4v) is 3.72. The number of rotatable bonds is 2. The Morgan fingerprint density at radius 3 is 2.35 bits per heavy atom. The van der Waals surface area contributed by atoms with Crippen LogP contribution in [0.15, 0.2) is 28.7 Å². The summed E-state index contributed by atoms with van der Waals surface area (Å²) in [7, 11) is 0. The lowest BCUT2D eigenvalue weighted by atomic mass is 10.00. The maximum absolute atomic E-state index is 12.9. The van der Waals surface area contributed by atoms with Crippen molar-refractivity contribution in [2.45, 2.75) is 12.2 Å². The average Bonchev–Trinajstić information content (AvgIpc) is 2.66. The zero-order valence-corrected chi connectivity index (χ0v) is 13.6. The Morgan fingerprint density at radius 1 is 1.20 bits per heavy atom. The molecule has 1 aromatic carbocycles. The zero-order valence-electron chi connectivity index (χ0n) is 9.64. The summed E-state index contributed by atoms with van der Waals surface area (Å²) in [6, 6.07) is 4.65. The molecule has 1 atom stereocenters. The number of halogens is 6. The molecular formula is C12H7BrCl2F3NS. The third-order valence-corrected chi connectivity index (χ3v) is 4.88. The van der Waals surface area contributed by atoms with E-state index in [1.165, 1.54) is 12.1 Å². The van der Waals surface area contributed by atoms with Gasteiger partial charge in [0, 0.05) is 10.0 Å². The molecule has 0 fully saturated rings. The van der Waals surface area contributed by atoms with E-state index in [4.69, 9.17) is 28.9 Å². The summed E-state index contributed by atoms with van der Waals surface area (Å²) in [6.45, 7) is 0. The fraction of sp³-hybridized carbons (Fsp3) is 0.167. The molecular weight excluding hydrogens is 398 g/mol. The first-order valence-corrected chi connectivity index (χ1v) is 7.63. The van der Waals surface area contributed by atoms with Crippen LogP contribution in [-0.2, 0) is 6.18 Å². The Hall–Kier alpha value is -0.270. The highest BCUT2D eigenvalue weighted by Crippen LogP contribution is 2.39. The Bertz CT molecular complexity index is 642. The molecule has 1 aromatic heterocycles. The van der Waals surface area contributed by atoms with Gasteiger partial charge in [-0.05, 0) is 23.8 Å². The smallest absolute Gasteiger partial charge is 0.320 e. The van der Waals surface area contributed by atoms with Crippen LogP contribution in [-0.4, -0.2) is 0 Å². The third-order valence-electron chi connectivity index (χ3n) is 2.67. The van der Waals surface area contributed by atoms with E-state index in [2.05, 4.69) is 15.9 Å². The number of alkyl halides is 3. The lowest BCUT2D eigenvalue weighted by Gasteiger charge is -2.15. The largest absolute Gasteiger partial charge is 0.417 e. The second-order valence-corrected chi connectivity index (χ2v) is 7.13. The monoisotopic (exact) mass is 403 g/mol. The van der Waals surface area contributed by atoms with E-state index in [1.54, 1.807) is 6.07 Å². The molecule has 108 valence electrons. The van der Waals surface area contributed by atoms with Crippen LogP contribution < -0.4 is 5.73 Å². The molecule has 0 bridgehead atoms. The minimum absolute atomic E-state index is 0.0320. The van der Waals surface area contributed by atoms with Gasteiger partial charge in [0.25, 0.3) is 0 Å². The SMILES string of the molecule is NC(c1ccc(Br)c(C(F)(F)F)c1)c1cc(Cl)sc1Cl. The van der Waals surface area contributed by atoms with E-state index in [9.17, 15) is 13.2 Å². The van der Waals surface area contributed by atoms with Crippen LogP contribution in [0.3, 0.4) is 0 Å². The predicted molar refractivity (Wildman–Crippen MR) is 79.5 cm³/mol. The van der Waals surface area contributed by atoms with Crippen molar-refractivity contribution < 1.29 is 13.2 Å². The molecule has 8 heteroatoms. The highest BCUT2D eigenvalue weighted by atomic mass is 79.9. The molecule has 0 amide bonds. The minimum atomic E-state index is -4.45. The average molecular weight is 405 g/mol. The van der Waals surface area contributed by atoms with Gasteiger partial charge >= 0.3 is 6.18 Å². The predicted octanol–water partition coefficient (Wildman–Crippen LogP) is 5.88. The molecule has 0 saturated carbocycles. The summed E-state index contributed by atoms with van der Waals surface area (Å²) in [5, 5.41) is 0. The molecule has 1 unspecified atom stereocenters. The number of hydrogen-bond donors (Lipinski definition) is 1. The lowest BCUT2D eigenvalue weighted by molar-refractivity contribution is -0.138. The van der Waals surface area contributed by atoms with E-state index in [-0.39, 0.29) is 4.47 Å². The van der Waals surface area contributed by atoms with Crippen LogP contribution in [0.25, 0.3) is 0 Å². The Balaban J connectivity index is 2.46. The van der Waals surface area contributed by atoms with Gasteiger partial charge in [-0.25, -0.2) is 0 Å². The summed E-state index contributed by atoms with van der Waals surface area (Å²) in [5.74, 6) is 0. The van der Waals surface area contributed by atoms with Crippen molar-refractivity contribution in [3.8, 4) is 0 Å². The summed E-state index contributed by atoms with van der Waals surface area (Å²) in [6.07, 6.45) is -4.45. The van der Waals surface area contributed by atoms with Gasteiger partial charge in [0.2, 0.25) is 0 Å². The molecule has 0 aliphatic heterocycles. The molecule has 0 spiro atoms. The maximum Gasteiger partial charge on any atom is 0.417 e. The summed E-state index contributed by atoms with van der Waals surface area (Å²) < 4.78 is 39.4. The molecule has 2 aromatic rings. The molecule has 0 aliphatic carbocycles. The minimum Gasteiger partial charge on any atom is -0.320 e. The zero-order chi connectivity index (χ0) is 15.1. The number of thiophene rings is 1. The van der Waals surface area contributed by atoms with Gasteiger partial charge in [-0.1, -0.05) is 45.2 Å². The van der Waals surface area contributed by atoms with Gasteiger partial charge in [0.1, 0.15) is 0 Å². The normalized spacial score (nSPS) is 13.6. The molecule has 2 rings (SSSR count). The topological polar surface area (TPSA) is 26.0 Å². The van der Waals surface area contributed by atoms with Crippen LogP contribution in [0.5, 0.6) is 0 Å². The van der Waals surface area contributed by atoms with Gasteiger partial charge in [-0.15, -0.1) is 11.3 Å². The van der Waals surface area contributed by atoms with Gasteiger partial charge in [0.15, 0.2) is 0 Å². The Morgan fingerprint density at radius 2 is 1.85 bits per heavy atom. The molecule has 20 heavy (non-hydrogen) atoms. The van der Waals surface area contributed by atoms with Gasteiger partial charge < -0.3 is 5.73 Å². The van der Waals surface area contributed by atoms with E-state index in [1.807, 2.05) is 0 Å². The number of hydrogen-bond acceptors (Lipinski definition) is 2. The van der Waals surface area contributed by atoms with Gasteiger partial charge in [-0.3, -0.25) is 0 Å². The Labute approximate surface area is 135 Å². The second-order valence-electron chi connectivity index (χ2n) is 3.99. The van der Waals surface area contributed by atoms with Crippen molar-refractivity contribution >= 4 is 50.5 Å². The van der Waals surface area contributed by atoms with E-state index in [0.717, 1.165) is 17.4 Å². The van der Waals surface area contributed by atoms with E-state index < -0.39 is 17.8 Å². The summed E-state index contributed by atoms with van der Waals surface area (Å²) in [4.78, 5) is 0. The highest BCUT2D eigenvalue weighted by Gasteiger charge is 2.33. The van der Waals surface area contributed by atoms with Crippen LogP contribution in [0.2, 0.25) is 8.67 Å². The molecule has 2 N–H and O–H groups in total. The van der Waals surface area contributed by atoms with Crippen LogP contribution >= 0.6 is 50.5 Å². The molecule has 1 heterocycles. The number of nitrogens with two attached hydrogens (primary N) is 1. The fourth-order valence-electron chi connectivity index (χ4n) is 1.70. The first kappa shape index (κ1) is 16.1. The van der Waals surface area contributed by atoms with Crippen LogP contribution in [0, 0.1) is 0 Å². The first-order valence-electron chi connectivity index (χ1n) is 5.27. The maximum atomic E-state index is 12.9. The summed E-state index contributed by atoms with van der Waals surface area (Å²) >= 11 is 15.8. The molecule has 0 radical (unpaired) electrons. The van der Waals surface area contributed by atoms with Crippen molar-refractivity contribution in [1.29, 1.82) is 0 Å². The van der Waals surface area contributed by atoms with Crippen molar-refractivity contribution in [2.75, 3.05) is 0 Å². The van der Waals surface area contributed by atoms with Gasteiger partial charge in [-0.2, -0.15) is 13.2 Å². The first-order chi connectivity index (χ1) is 9.20. The van der Waals surface area contributed by atoms with Crippen LogP contribution in [0.4, 0.5) is 13.2 Å². The standard InChI is InChI=1S/C12H7BrCl2F3NS/c13-8-2-1-5(3-7(8)12(16,17)18)10(19)6-4-9(14)20-11(6)15/h1-4,10H,19H2. The quantitative estimate of drug-likeness (QED) is 0.663. The van der Waals surface area contributed by atoms with Crippen molar-refractivity contribution in [3.63, 3.8) is 0 Å². The number of benzene rings is 1. The van der Waals surface area contributed by atoms with Crippen molar-refractivity contribution in [1.82, 2.24) is 0 Å². The second kappa shape index (κ2) is 5.85. The van der Waals surface area contributed by atoms with Crippen LogP contribution in [0.1, 0.15) is 22.7 Å². The van der Waals surface area contributed by atoms with E-state index >= 15 is 0 Å². The van der Waals surface area contributed by atoms with E-state index in [0.29, 0.717) is 19.8 Å². The molecule has 0 aliphatic rings. The summed E-state index contributed by atoms with van der Waals surface area (Å²) in [5.41, 5.74) is 6.03. The Kier molecular flexibility index (Phi) is 4.71. The van der Waals surface area contributed by atoms with Gasteiger partial charge in [0.05, 0.1) is 20.3 Å².